The molecule has 30 heavy (non-hydrogen) atoms. The lowest BCUT2D eigenvalue weighted by Crippen LogP contribution is -2.55. The zero-order chi connectivity index (χ0) is 21.0. The van der Waals surface area contributed by atoms with Gasteiger partial charge < -0.3 is 10.1 Å². The molecular weight excluding hydrogens is 399 g/mol. The van der Waals surface area contributed by atoms with Crippen LogP contribution in [0.3, 0.4) is 0 Å². The Hall–Kier alpha value is -2.65. The Kier molecular flexibility index (Phi) is 4.48. The van der Waals surface area contributed by atoms with Crippen LogP contribution < -0.4 is 10.1 Å². The first kappa shape index (κ1) is 19.3. The van der Waals surface area contributed by atoms with Gasteiger partial charge in [-0.2, -0.15) is 18.3 Å². The van der Waals surface area contributed by atoms with Gasteiger partial charge in [0, 0.05) is 12.1 Å². The van der Waals surface area contributed by atoms with E-state index in [9.17, 15) is 18.0 Å². The number of hydrogen-bond donors (Lipinski definition) is 1. The number of ether oxygens (including phenoxy) is 1. The fourth-order valence-corrected chi connectivity index (χ4v) is 5.89. The van der Waals surface area contributed by atoms with E-state index in [0.717, 1.165) is 31.9 Å². The van der Waals surface area contributed by atoms with Gasteiger partial charge >= 0.3 is 6.18 Å². The van der Waals surface area contributed by atoms with Gasteiger partial charge in [-0.25, -0.2) is 4.68 Å². The molecule has 4 aliphatic rings. The highest BCUT2D eigenvalue weighted by atomic mass is 19.4. The van der Waals surface area contributed by atoms with Gasteiger partial charge in [0.05, 0.1) is 18.9 Å². The maximum atomic E-state index is 13.9. The molecule has 7 nitrogen and oxygen atoms in total. The van der Waals surface area contributed by atoms with Gasteiger partial charge in [-0.05, 0) is 61.8 Å². The van der Waals surface area contributed by atoms with Crippen LogP contribution in [0.5, 0.6) is 5.88 Å². The number of nitrogens with one attached hydrogen (secondary N) is 1. The summed E-state index contributed by atoms with van der Waals surface area (Å²) in [6.45, 7) is 0. The molecule has 160 valence electrons. The van der Waals surface area contributed by atoms with Crippen molar-refractivity contribution in [2.45, 2.75) is 44.3 Å². The topological polar surface area (TPSA) is 81.9 Å². The van der Waals surface area contributed by atoms with Crippen LogP contribution in [0.15, 0.2) is 18.3 Å². The van der Waals surface area contributed by atoms with E-state index in [1.54, 1.807) is 0 Å². The predicted molar refractivity (Wildman–Crippen MR) is 99.0 cm³/mol. The van der Waals surface area contributed by atoms with Crippen LogP contribution in [-0.2, 0) is 6.18 Å². The molecule has 4 fully saturated rings. The van der Waals surface area contributed by atoms with Crippen LogP contribution >= 0.6 is 0 Å². The van der Waals surface area contributed by atoms with Gasteiger partial charge in [-0.15, -0.1) is 10.2 Å². The van der Waals surface area contributed by atoms with Gasteiger partial charge in [0.15, 0.2) is 11.5 Å². The minimum Gasteiger partial charge on any atom is -0.480 e. The summed E-state index contributed by atoms with van der Waals surface area (Å²) >= 11 is 0. The lowest BCUT2D eigenvalue weighted by molar-refractivity contribution is -0.143. The maximum Gasteiger partial charge on any atom is 0.434 e. The summed E-state index contributed by atoms with van der Waals surface area (Å²) < 4.78 is 47.2. The minimum absolute atomic E-state index is 0.0597. The Bertz CT molecular complexity index is 928. The monoisotopic (exact) mass is 421 g/mol. The first-order valence-corrected chi connectivity index (χ1v) is 10.2. The van der Waals surface area contributed by atoms with E-state index in [0.29, 0.717) is 28.4 Å². The molecule has 0 radical (unpaired) electrons. The van der Waals surface area contributed by atoms with Crippen molar-refractivity contribution in [1.29, 1.82) is 0 Å². The molecule has 6 rings (SSSR count). The van der Waals surface area contributed by atoms with Crippen LogP contribution in [-0.4, -0.2) is 39.0 Å². The van der Waals surface area contributed by atoms with E-state index in [1.165, 1.54) is 25.7 Å². The lowest BCUT2D eigenvalue weighted by atomic mass is 9.54. The van der Waals surface area contributed by atoms with Crippen LogP contribution in [0.2, 0.25) is 0 Å². The molecule has 2 heterocycles. The Morgan fingerprint density at radius 3 is 2.30 bits per heavy atom. The summed E-state index contributed by atoms with van der Waals surface area (Å²) in [7, 11) is 1.38. The first-order valence-electron chi connectivity index (χ1n) is 10.2. The van der Waals surface area contributed by atoms with Gasteiger partial charge in [0.25, 0.3) is 5.91 Å². The number of halogens is 3. The van der Waals surface area contributed by atoms with Gasteiger partial charge in [-0.3, -0.25) is 4.79 Å². The number of alkyl halides is 3. The molecule has 1 amide bonds. The third kappa shape index (κ3) is 3.22. The van der Waals surface area contributed by atoms with E-state index in [4.69, 9.17) is 4.74 Å². The summed E-state index contributed by atoms with van der Waals surface area (Å²) in [6.07, 6.45) is 1.68. The van der Waals surface area contributed by atoms with Gasteiger partial charge in [0.1, 0.15) is 0 Å². The summed E-state index contributed by atoms with van der Waals surface area (Å²) in [5, 5.41) is 14.2. The molecule has 0 saturated heterocycles. The molecule has 0 spiro atoms. The van der Waals surface area contributed by atoms with Crippen molar-refractivity contribution in [3.63, 3.8) is 0 Å². The fraction of sp³-hybridized carbons (Fsp3) is 0.600. The van der Waals surface area contributed by atoms with Crippen LogP contribution in [0.1, 0.15) is 48.2 Å². The quantitative estimate of drug-likeness (QED) is 0.820. The second-order valence-corrected chi connectivity index (χ2v) is 8.68. The Balaban J connectivity index is 1.44. The third-order valence-corrected chi connectivity index (χ3v) is 6.86. The average molecular weight is 421 g/mol. The van der Waals surface area contributed by atoms with Crippen molar-refractivity contribution >= 4 is 5.91 Å². The highest BCUT2D eigenvalue weighted by molar-refractivity contribution is 5.95. The molecule has 2 aromatic rings. The van der Waals surface area contributed by atoms with Crippen molar-refractivity contribution < 1.29 is 22.7 Å². The number of aromatic nitrogens is 4. The number of amides is 1. The molecular formula is C20H22F3N5O2. The lowest BCUT2D eigenvalue weighted by Gasteiger charge is -2.54. The maximum absolute atomic E-state index is 13.9. The van der Waals surface area contributed by atoms with Crippen molar-refractivity contribution in [3.8, 4) is 11.7 Å². The third-order valence-electron chi connectivity index (χ3n) is 6.86. The molecule has 1 N–H and O–H groups in total. The van der Waals surface area contributed by atoms with Crippen LogP contribution in [0.25, 0.3) is 5.82 Å². The molecule has 4 bridgehead atoms. The zero-order valence-corrected chi connectivity index (χ0v) is 16.4. The van der Waals surface area contributed by atoms with E-state index in [-0.39, 0.29) is 17.7 Å². The molecule has 0 aliphatic heterocycles. The van der Waals surface area contributed by atoms with E-state index in [2.05, 4.69) is 20.6 Å². The minimum atomic E-state index is -4.78. The second kappa shape index (κ2) is 6.95. The van der Waals surface area contributed by atoms with Crippen molar-refractivity contribution in [2.24, 2.45) is 23.7 Å². The number of carbonyl (C=O) groups is 1. The highest BCUT2D eigenvalue weighted by Gasteiger charge is 2.49. The Morgan fingerprint density at radius 1 is 1.10 bits per heavy atom. The van der Waals surface area contributed by atoms with E-state index >= 15 is 0 Å². The molecule has 0 atom stereocenters. The average Bonchev–Trinajstić information content (AvgIpc) is 3.16. The molecule has 2 aromatic heterocycles. The molecule has 0 unspecified atom stereocenters. The summed E-state index contributed by atoms with van der Waals surface area (Å²) in [6, 6.07) is 2.64. The number of rotatable bonds is 4. The van der Waals surface area contributed by atoms with Crippen molar-refractivity contribution in [1.82, 2.24) is 25.3 Å². The fourth-order valence-electron chi connectivity index (χ4n) is 5.89. The molecule has 0 aromatic carbocycles. The SMILES string of the molecule is COc1ccc(-n2ncc(C(=O)NC3C4CC5CC(C4)CC3C5)c2C(F)(F)F)nn1. The second-order valence-electron chi connectivity index (χ2n) is 8.68. The largest absolute Gasteiger partial charge is 0.480 e. The molecule has 10 heteroatoms. The van der Waals surface area contributed by atoms with Gasteiger partial charge in [0.2, 0.25) is 5.88 Å². The predicted octanol–water partition coefficient (Wildman–Crippen LogP) is 3.24. The molecule has 4 saturated carbocycles. The Labute approximate surface area is 171 Å². The first-order chi connectivity index (χ1) is 14.3. The smallest absolute Gasteiger partial charge is 0.434 e. The zero-order valence-electron chi connectivity index (χ0n) is 16.4. The van der Waals surface area contributed by atoms with Crippen molar-refractivity contribution in [3.05, 3.63) is 29.6 Å². The highest BCUT2D eigenvalue weighted by Crippen LogP contribution is 2.53. The van der Waals surface area contributed by atoms with Gasteiger partial charge in [-0.1, -0.05) is 0 Å². The Morgan fingerprint density at radius 2 is 1.77 bits per heavy atom. The summed E-state index contributed by atoms with van der Waals surface area (Å²) in [4.78, 5) is 12.9. The number of methoxy groups -OCH3 is 1. The van der Waals surface area contributed by atoms with Crippen LogP contribution in [0.4, 0.5) is 13.2 Å². The molecule has 4 aliphatic carbocycles. The summed E-state index contributed by atoms with van der Waals surface area (Å²) in [5.41, 5.74) is -1.64. The van der Waals surface area contributed by atoms with E-state index in [1.807, 2.05) is 0 Å². The van der Waals surface area contributed by atoms with Crippen LogP contribution in [0, 0.1) is 23.7 Å². The summed E-state index contributed by atoms with van der Waals surface area (Å²) in [5.74, 6) is 1.44. The van der Waals surface area contributed by atoms with E-state index < -0.39 is 23.3 Å². The number of hydrogen-bond acceptors (Lipinski definition) is 5. The van der Waals surface area contributed by atoms with Crippen molar-refractivity contribution in [2.75, 3.05) is 7.11 Å². The number of carbonyl (C=O) groups excluding carboxylic acids is 1. The number of nitrogens with zero attached hydrogens (tertiary/aromatic N) is 4. The standard InChI is InChI=1S/C20H22F3N5O2/c1-30-16-3-2-15(26-27-16)28-18(20(21,22)23)14(9-24-28)19(29)25-17-12-5-10-4-11(7-12)8-13(17)6-10/h2-3,9-13,17H,4-8H2,1H3,(H,25,29). The normalized spacial score (nSPS) is 29.8.